The van der Waals surface area contributed by atoms with Gasteiger partial charge in [-0.3, -0.25) is 9.59 Å². The number of rotatable bonds is 11. The molecule has 1 N–H and O–H groups in total. The molecular formula is C29H33BrN2O3. The van der Waals surface area contributed by atoms with Crippen LogP contribution in [0.3, 0.4) is 0 Å². The molecule has 0 fully saturated rings. The number of nitrogens with zero attached hydrogens (tertiary/aromatic N) is 1. The molecule has 0 aliphatic rings. The third kappa shape index (κ3) is 7.96. The molecule has 0 unspecified atom stereocenters. The number of hydrogen-bond donors (Lipinski definition) is 1. The van der Waals surface area contributed by atoms with E-state index in [1.807, 2.05) is 92.7 Å². The van der Waals surface area contributed by atoms with Crippen LogP contribution in [-0.4, -0.2) is 35.9 Å². The zero-order valence-electron chi connectivity index (χ0n) is 20.5. The third-order valence-corrected chi connectivity index (χ3v) is 6.52. The minimum absolute atomic E-state index is 0.0187. The monoisotopic (exact) mass is 536 g/mol. The molecule has 0 radical (unpaired) electrons. The Morgan fingerprint density at radius 2 is 1.63 bits per heavy atom. The van der Waals surface area contributed by atoms with Crippen LogP contribution in [0.15, 0.2) is 83.3 Å². The van der Waals surface area contributed by atoms with Crippen LogP contribution in [0.4, 0.5) is 0 Å². The van der Waals surface area contributed by atoms with Gasteiger partial charge >= 0.3 is 0 Å². The lowest BCUT2D eigenvalue weighted by Gasteiger charge is -2.32. The number of carbonyl (C=O) groups excluding carboxylic acids is 2. The molecule has 0 aromatic heterocycles. The summed E-state index contributed by atoms with van der Waals surface area (Å²) in [5, 5.41) is 3.10. The Kier molecular flexibility index (Phi) is 9.91. The standard InChI is InChI=1S/C29H33BrN2O3/c1-4-21(2)31-29(34)27(18-22-9-6-5-7-10-22)32(20-24-11-8-12-25(30)17-24)28(33)19-23-13-15-26(35-3)16-14-23/h5-17,21,27H,4,18-20H2,1-3H3,(H,31,34)/t21-,27+/m1/s1. The zero-order chi connectivity index (χ0) is 25.2. The van der Waals surface area contributed by atoms with Crippen molar-refractivity contribution >= 4 is 27.7 Å². The topological polar surface area (TPSA) is 58.6 Å². The van der Waals surface area contributed by atoms with Crippen LogP contribution < -0.4 is 10.1 Å². The van der Waals surface area contributed by atoms with Gasteiger partial charge in [-0.25, -0.2) is 0 Å². The molecule has 0 saturated heterocycles. The van der Waals surface area contributed by atoms with E-state index >= 15 is 0 Å². The lowest BCUT2D eigenvalue weighted by molar-refractivity contribution is -0.141. The molecule has 6 heteroatoms. The molecule has 5 nitrogen and oxygen atoms in total. The molecule has 0 spiro atoms. The Hall–Kier alpha value is -3.12. The molecule has 3 rings (SSSR count). The summed E-state index contributed by atoms with van der Waals surface area (Å²) < 4.78 is 6.17. The Labute approximate surface area is 216 Å². The first-order valence-electron chi connectivity index (χ1n) is 11.9. The van der Waals surface area contributed by atoms with Crippen LogP contribution in [0.1, 0.15) is 37.0 Å². The number of hydrogen-bond acceptors (Lipinski definition) is 3. The van der Waals surface area contributed by atoms with Gasteiger partial charge in [0, 0.05) is 23.5 Å². The number of nitrogens with one attached hydrogen (secondary N) is 1. The highest BCUT2D eigenvalue weighted by Crippen LogP contribution is 2.20. The van der Waals surface area contributed by atoms with E-state index in [9.17, 15) is 9.59 Å². The molecule has 0 aliphatic heterocycles. The van der Waals surface area contributed by atoms with Gasteiger partial charge in [0.1, 0.15) is 11.8 Å². The van der Waals surface area contributed by atoms with Gasteiger partial charge < -0.3 is 15.0 Å². The van der Waals surface area contributed by atoms with Gasteiger partial charge in [0.15, 0.2) is 0 Å². The van der Waals surface area contributed by atoms with Gasteiger partial charge in [-0.15, -0.1) is 0 Å². The second-order valence-electron chi connectivity index (χ2n) is 8.70. The van der Waals surface area contributed by atoms with Gasteiger partial charge in [-0.2, -0.15) is 0 Å². The van der Waals surface area contributed by atoms with Crippen LogP contribution in [0.5, 0.6) is 5.75 Å². The van der Waals surface area contributed by atoms with Crippen molar-refractivity contribution in [2.24, 2.45) is 0 Å². The first kappa shape index (κ1) is 26.5. The van der Waals surface area contributed by atoms with Crippen molar-refractivity contribution in [1.82, 2.24) is 10.2 Å². The van der Waals surface area contributed by atoms with Crippen molar-refractivity contribution in [3.05, 3.63) is 100 Å². The molecule has 0 saturated carbocycles. The van der Waals surface area contributed by atoms with Gasteiger partial charge in [0.05, 0.1) is 13.5 Å². The Bertz CT molecular complexity index is 1100. The first-order chi connectivity index (χ1) is 16.9. The highest BCUT2D eigenvalue weighted by molar-refractivity contribution is 9.10. The van der Waals surface area contributed by atoms with Crippen LogP contribution in [0.25, 0.3) is 0 Å². The van der Waals surface area contributed by atoms with E-state index < -0.39 is 6.04 Å². The molecule has 0 heterocycles. The Balaban J connectivity index is 1.95. The maximum Gasteiger partial charge on any atom is 0.243 e. The van der Waals surface area contributed by atoms with E-state index in [1.165, 1.54) is 0 Å². The van der Waals surface area contributed by atoms with Crippen LogP contribution in [0, 0.1) is 0 Å². The van der Waals surface area contributed by atoms with E-state index in [0.717, 1.165) is 33.3 Å². The minimum Gasteiger partial charge on any atom is -0.497 e. The normalized spacial score (nSPS) is 12.5. The number of ether oxygens (including phenoxy) is 1. The van der Waals surface area contributed by atoms with Gasteiger partial charge in [-0.1, -0.05) is 77.5 Å². The molecule has 3 aromatic rings. The predicted molar refractivity (Wildman–Crippen MR) is 143 cm³/mol. The summed E-state index contributed by atoms with van der Waals surface area (Å²) in [5.74, 6) is 0.499. The number of methoxy groups -OCH3 is 1. The molecule has 0 aliphatic carbocycles. The SMILES string of the molecule is CC[C@@H](C)NC(=O)[C@H](Cc1ccccc1)N(Cc1cccc(Br)c1)C(=O)Cc1ccc(OC)cc1. The summed E-state index contributed by atoms with van der Waals surface area (Å²) in [6, 6.07) is 24.5. The van der Waals surface area contributed by atoms with Gasteiger partial charge in [0.2, 0.25) is 11.8 Å². The van der Waals surface area contributed by atoms with Crippen molar-refractivity contribution in [3.8, 4) is 5.75 Å². The average Bonchev–Trinajstić information content (AvgIpc) is 2.87. The summed E-state index contributed by atoms with van der Waals surface area (Å²) in [5.41, 5.74) is 2.83. The predicted octanol–water partition coefficient (Wildman–Crippen LogP) is 5.56. The van der Waals surface area contributed by atoms with Crippen molar-refractivity contribution < 1.29 is 14.3 Å². The molecule has 35 heavy (non-hydrogen) atoms. The van der Waals surface area contributed by atoms with Crippen molar-refractivity contribution in [3.63, 3.8) is 0 Å². The summed E-state index contributed by atoms with van der Waals surface area (Å²) in [6.45, 7) is 4.35. The zero-order valence-corrected chi connectivity index (χ0v) is 22.1. The molecule has 184 valence electrons. The maximum absolute atomic E-state index is 13.8. The lowest BCUT2D eigenvalue weighted by Crippen LogP contribution is -2.52. The summed E-state index contributed by atoms with van der Waals surface area (Å²) in [7, 11) is 1.62. The van der Waals surface area contributed by atoms with Crippen LogP contribution in [-0.2, 0) is 29.0 Å². The highest BCUT2D eigenvalue weighted by Gasteiger charge is 2.31. The molecule has 2 atom stereocenters. The largest absolute Gasteiger partial charge is 0.497 e. The highest BCUT2D eigenvalue weighted by atomic mass is 79.9. The molecule has 0 bridgehead atoms. The van der Waals surface area contributed by atoms with E-state index in [0.29, 0.717) is 13.0 Å². The number of halogens is 1. The third-order valence-electron chi connectivity index (χ3n) is 6.03. The Morgan fingerprint density at radius 1 is 0.943 bits per heavy atom. The molecule has 3 aromatic carbocycles. The maximum atomic E-state index is 13.8. The number of carbonyl (C=O) groups is 2. The summed E-state index contributed by atoms with van der Waals surface area (Å²) in [6.07, 6.45) is 1.45. The lowest BCUT2D eigenvalue weighted by atomic mass is 10.0. The van der Waals surface area contributed by atoms with Crippen LogP contribution in [0.2, 0.25) is 0 Å². The Morgan fingerprint density at radius 3 is 2.26 bits per heavy atom. The van der Waals surface area contributed by atoms with Gasteiger partial charge in [0.25, 0.3) is 0 Å². The van der Waals surface area contributed by atoms with E-state index in [-0.39, 0.29) is 24.3 Å². The number of amides is 2. The number of benzene rings is 3. The van der Waals surface area contributed by atoms with E-state index in [1.54, 1.807) is 12.0 Å². The fourth-order valence-corrected chi connectivity index (χ4v) is 4.29. The smallest absolute Gasteiger partial charge is 0.243 e. The minimum atomic E-state index is -0.642. The summed E-state index contributed by atoms with van der Waals surface area (Å²) in [4.78, 5) is 29.0. The second kappa shape index (κ2) is 13.1. The molecular weight excluding hydrogens is 504 g/mol. The fourth-order valence-electron chi connectivity index (χ4n) is 3.85. The average molecular weight is 537 g/mol. The quantitative estimate of drug-likeness (QED) is 0.349. The fraction of sp³-hybridized carbons (Fsp3) is 0.310. The van der Waals surface area contributed by atoms with E-state index in [2.05, 4.69) is 21.2 Å². The van der Waals surface area contributed by atoms with Gasteiger partial charge in [-0.05, 0) is 54.3 Å². The second-order valence-corrected chi connectivity index (χ2v) is 9.62. The van der Waals surface area contributed by atoms with E-state index in [4.69, 9.17) is 4.74 Å². The van der Waals surface area contributed by atoms with Crippen molar-refractivity contribution in [2.45, 2.75) is 51.7 Å². The molecule has 2 amide bonds. The van der Waals surface area contributed by atoms with Crippen molar-refractivity contribution in [1.29, 1.82) is 0 Å². The van der Waals surface area contributed by atoms with Crippen LogP contribution >= 0.6 is 15.9 Å². The van der Waals surface area contributed by atoms with Crippen molar-refractivity contribution in [2.75, 3.05) is 7.11 Å². The summed E-state index contributed by atoms with van der Waals surface area (Å²) >= 11 is 3.52. The first-order valence-corrected chi connectivity index (χ1v) is 12.7.